The van der Waals surface area contributed by atoms with Crippen molar-refractivity contribution in [3.05, 3.63) is 0 Å². The van der Waals surface area contributed by atoms with Gasteiger partial charge in [0.25, 0.3) is 0 Å². The third kappa shape index (κ3) is 3.72. The summed E-state index contributed by atoms with van der Waals surface area (Å²) in [7, 11) is 1.80. The predicted octanol–water partition coefficient (Wildman–Crippen LogP) is 0.134. The Morgan fingerprint density at radius 1 is 1.71 bits per heavy atom. The fraction of sp³-hybridized carbons (Fsp3) is 1.00. The highest BCUT2D eigenvalue weighted by Gasteiger charge is 1.88. The summed E-state index contributed by atoms with van der Waals surface area (Å²) in [4.78, 5) is 4.32. The van der Waals surface area contributed by atoms with Crippen LogP contribution in [0.1, 0.15) is 13.3 Å². The predicted molar refractivity (Wildman–Crippen MR) is 28.2 cm³/mol. The van der Waals surface area contributed by atoms with E-state index < -0.39 is 0 Å². The molecular weight excluding hydrogens is 92.1 g/mol. The molecule has 44 valence electrons. The Balaban J connectivity index is 2.83. The summed E-state index contributed by atoms with van der Waals surface area (Å²) in [6.07, 6.45) is 1.06. The quantitative estimate of drug-likeness (QED) is 0.517. The largest absolute Gasteiger partial charge is 0.214 e. The molecule has 0 spiro atoms. The highest BCUT2D eigenvalue weighted by Crippen LogP contribution is 1.80. The lowest BCUT2D eigenvalue weighted by atomic mass is 10.5. The molecule has 0 rings (SSSR count). The van der Waals surface area contributed by atoms with Crippen molar-refractivity contribution in [2.24, 2.45) is 5.90 Å². The third-order valence-corrected chi connectivity index (χ3v) is 0.718. The topological polar surface area (TPSA) is 38.5 Å². The van der Waals surface area contributed by atoms with E-state index in [1.165, 1.54) is 0 Å². The molecule has 0 aliphatic carbocycles. The maximum Gasteiger partial charge on any atom is 0.0253 e. The average molecular weight is 104 g/mol. The molecule has 0 radical (unpaired) electrons. The lowest BCUT2D eigenvalue weighted by Gasteiger charge is -2.08. The van der Waals surface area contributed by atoms with Crippen LogP contribution < -0.4 is 5.90 Å². The second kappa shape index (κ2) is 4.05. The maximum atomic E-state index is 4.78. The van der Waals surface area contributed by atoms with E-state index in [-0.39, 0.29) is 0 Å². The van der Waals surface area contributed by atoms with Crippen LogP contribution in [0.4, 0.5) is 0 Å². The van der Waals surface area contributed by atoms with E-state index in [4.69, 9.17) is 5.90 Å². The van der Waals surface area contributed by atoms with Crippen LogP contribution in [0.25, 0.3) is 0 Å². The molecule has 0 saturated carbocycles. The van der Waals surface area contributed by atoms with Gasteiger partial charge in [0.1, 0.15) is 0 Å². The minimum absolute atomic E-state index is 0.885. The Kier molecular flexibility index (Phi) is 3.98. The molecule has 0 bridgehead atoms. The molecule has 0 aromatic rings. The number of hydrogen-bond donors (Lipinski definition) is 1. The Bertz CT molecular complexity index is 40.7. The zero-order valence-corrected chi connectivity index (χ0v) is 4.85. The van der Waals surface area contributed by atoms with Gasteiger partial charge in [-0.15, -0.1) is 0 Å². The zero-order valence-electron chi connectivity index (χ0n) is 4.85. The van der Waals surface area contributed by atoms with Crippen molar-refractivity contribution < 1.29 is 4.94 Å². The van der Waals surface area contributed by atoms with Crippen LogP contribution >= 0.6 is 0 Å². The van der Waals surface area contributed by atoms with Crippen LogP contribution in [-0.4, -0.2) is 18.7 Å². The lowest BCUT2D eigenvalue weighted by molar-refractivity contribution is -0.143. The van der Waals surface area contributed by atoms with Gasteiger partial charge in [-0.25, -0.2) is 4.94 Å². The molecule has 0 aliphatic rings. The van der Waals surface area contributed by atoms with Gasteiger partial charge in [-0.1, -0.05) is 6.92 Å². The van der Waals surface area contributed by atoms with Crippen LogP contribution in [0.15, 0.2) is 0 Å². The smallest absolute Gasteiger partial charge is 0.0253 e. The van der Waals surface area contributed by atoms with Crippen molar-refractivity contribution in [1.82, 2.24) is 5.06 Å². The van der Waals surface area contributed by atoms with E-state index in [1.54, 1.807) is 12.1 Å². The lowest BCUT2D eigenvalue weighted by Crippen LogP contribution is -2.23. The molecule has 3 nitrogen and oxygen atoms in total. The highest BCUT2D eigenvalue weighted by molar-refractivity contribution is 4.28. The van der Waals surface area contributed by atoms with E-state index >= 15 is 0 Å². The van der Waals surface area contributed by atoms with Gasteiger partial charge in [-0.05, 0) is 6.42 Å². The molecule has 0 amide bonds. The molecule has 0 atom stereocenters. The Labute approximate surface area is 44.0 Å². The molecule has 0 aliphatic heterocycles. The summed E-state index contributed by atoms with van der Waals surface area (Å²) < 4.78 is 0. The van der Waals surface area contributed by atoms with Gasteiger partial charge < -0.3 is 0 Å². The van der Waals surface area contributed by atoms with Crippen molar-refractivity contribution in [1.29, 1.82) is 0 Å². The van der Waals surface area contributed by atoms with Crippen molar-refractivity contribution in [3.63, 3.8) is 0 Å². The zero-order chi connectivity index (χ0) is 5.70. The Morgan fingerprint density at radius 3 is 2.43 bits per heavy atom. The molecule has 3 heteroatoms. The van der Waals surface area contributed by atoms with E-state index in [9.17, 15) is 0 Å². The molecule has 0 heterocycles. The average Bonchev–Trinajstić information content (AvgIpc) is 1.68. The van der Waals surface area contributed by atoms with Crippen LogP contribution in [0.5, 0.6) is 0 Å². The fourth-order valence-corrected chi connectivity index (χ4v) is 0.368. The van der Waals surface area contributed by atoms with Gasteiger partial charge in [0.2, 0.25) is 0 Å². The van der Waals surface area contributed by atoms with Gasteiger partial charge in [0.05, 0.1) is 0 Å². The molecule has 7 heavy (non-hydrogen) atoms. The minimum Gasteiger partial charge on any atom is -0.214 e. The molecule has 0 unspecified atom stereocenters. The summed E-state index contributed by atoms with van der Waals surface area (Å²) in [6.45, 7) is 2.95. The van der Waals surface area contributed by atoms with Crippen molar-refractivity contribution in [3.8, 4) is 0 Å². The van der Waals surface area contributed by atoms with Gasteiger partial charge in [0, 0.05) is 13.6 Å². The number of rotatable bonds is 3. The summed E-state index contributed by atoms with van der Waals surface area (Å²) in [5.41, 5.74) is 0. The SMILES string of the molecule is CCCN(C)ON. The number of nitrogens with two attached hydrogens (primary N) is 1. The van der Waals surface area contributed by atoms with Crippen LogP contribution in [0.2, 0.25) is 0 Å². The summed E-state index contributed by atoms with van der Waals surface area (Å²) in [5.74, 6) is 4.78. The van der Waals surface area contributed by atoms with Crippen molar-refractivity contribution in [2.75, 3.05) is 13.6 Å². The first-order valence-corrected chi connectivity index (χ1v) is 2.39. The fourth-order valence-electron chi connectivity index (χ4n) is 0.368. The van der Waals surface area contributed by atoms with E-state index in [0.29, 0.717) is 0 Å². The second-order valence-electron chi connectivity index (χ2n) is 1.46. The highest BCUT2D eigenvalue weighted by atomic mass is 16.8. The van der Waals surface area contributed by atoms with Gasteiger partial charge in [-0.2, -0.15) is 11.0 Å². The van der Waals surface area contributed by atoms with Gasteiger partial charge >= 0.3 is 0 Å². The first-order chi connectivity index (χ1) is 3.31. The molecule has 0 saturated heterocycles. The minimum atomic E-state index is 0.885. The number of hydrogen-bond acceptors (Lipinski definition) is 3. The second-order valence-corrected chi connectivity index (χ2v) is 1.46. The Morgan fingerprint density at radius 2 is 2.29 bits per heavy atom. The third-order valence-electron chi connectivity index (χ3n) is 0.718. The maximum absolute atomic E-state index is 4.78. The van der Waals surface area contributed by atoms with Crippen molar-refractivity contribution >= 4 is 0 Å². The van der Waals surface area contributed by atoms with Crippen molar-refractivity contribution in [2.45, 2.75) is 13.3 Å². The standard InChI is InChI=1S/C4H12N2O/c1-3-4-6(2)7-5/h3-5H2,1-2H3. The van der Waals surface area contributed by atoms with Crippen LogP contribution in [-0.2, 0) is 4.94 Å². The first kappa shape index (κ1) is 6.88. The Hall–Kier alpha value is -0.120. The first-order valence-electron chi connectivity index (χ1n) is 2.39. The molecular formula is C4H12N2O. The summed E-state index contributed by atoms with van der Waals surface area (Å²) in [6, 6.07) is 0. The van der Waals surface area contributed by atoms with E-state index in [1.807, 2.05) is 0 Å². The summed E-state index contributed by atoms with van der Waals surface area (Å²) >= 11 is 0. The normalized spacial score (nSPS) is 10.3. The van der Waals surface area contributed by atoms with Crippen LogP contribution in [0, 0.1) is 0 Å². The van der Waals surface area contributed by atoms with Gasteiger partial charge in [0.15, 0.2) is 0 Å². The van der Waals surface area contributed by atoms with Gasteiger partial charge in [-0.3, -0.25) is 0 Å². The van der Waals surface area contributed by atoms with E-state index in [2.05, 4.69) is 11.9 Å². The van der Waals surface area contributed by atoms with Crippen LogP contribution in [0.3, 0.4) is 0 Å². The molecule has 0 aromatic heterocycles. The number of nitrogens with zero attached hydrogens (tertiary/aromatic N) is 1. The number of hydroxylamine groups is 2. The molecule has 0 fully saturated rings. The summed E-state index contributed by atoms with van der Waals surface area (Å²) in [5, 5.41) is 1.58. The molecule has 0 aromatic carbocycles. The van der Waals surface area contributed by atoms with E-state index in [0.717, 1.165) is 13.0 Å². The molecule has 2 N–H and O–H groups in total. The monoisotopic (exact) mass is 104 g/mol.